The van der Waals surface area contributed by atoms with Crippen molar-refractivity contribution in [3.05, 3.63) is 29.8 Å². The van der Waals surface area contributed by atoms with Crippen LogP contribution >= 0.6 is 0 Å². The van der Waals surface area contributed by atoms with Gasteiger partial charge in [-0.05, 0) is 62.3 Å². The minimum Gasteiger partial charge on any atom is -0.491 e. The Hall–Kier alpha value is -1.59. The number of piperidine rings is 1. The van der Waals surface area contributed by atoms with Crippen LogP contribution in [0.4, 0.5) is 0 Å². The summed E-state index contributed by atoms with van der Waals surface area (Å²) in [5.41, 5.74) is 1.24. The van der Waals surface area contributed by atoms with Crippen molar-refractivity contribution in [1.82, 2.24) is 9.80 Å². The second-order valence-corrected chi connectivity index (χ2v) is 7.59. The number of rotatable bonds is 8. The molecule has 0 bridgehead atoms. The Morgan fingerprint density at radius 1 is 1.19 bits per heavy atom. The normalized spacial score (nSPS) is 21.1. The molecule has 5 nitrogen and oxygen atoms in total. The summed E-state index contributed by atoms with van der Waals surface area (Å²) in [6, 6.07) is 8.14. The van der Waals surface area contributed by atoms with E-state index in [1.807, 2.05) is 17.0 Å². The van der Waals surface area contributed by atoms with Crippen LogP contribution in [0.5, 0.6) is 5.75 Å². The van der Waals surface area contributed by atoms with E-state index in [4.69, 9.17) is 9.84 Å². The van der Waals surface area contributed by atoms with Crippen molar-refractivity contribution in [2.45, 2.75) is 45.1 Å². The van der Waals surface area contributed by atoms with Crippen LogP contribution in [0.25, 0.3) is 0 Å². The smallest absolute Gasteiger partial charge is 0.222 e. The molecular weight excluding hydrogens is 328 g/mol. The molecule has 1 unspecified atom stereocenters. The summed E-state index contributed by atoms with van der Waals surface area (Å²) in [6.45, 7) is 5.42. The summed E-state index contributed by atoms with van der Waals surface area (Å²) < 4.78 is 5.51. The van der Waals surface area contributed by atoms with Crippen LogP contribution in [-0.2, 0) is 11.3 Å². The van der Waals surface area contributed by atoms with Crippen molar-refractivity contribution in [2.24, 2.45) is 5.92 Å². The van der Waals surface area contributed by atoms with Crippen molar-refractivity contribution in [3.63, 3.8) is 0 Å². The first-order valence-electron chi connectivity index (χ1n) is 10.1. The topological polar surface area (TPSA) is 53.0 Å². The average molecular weight is 360 g/mol. The van der Waals surface area contributed by atoms with Gasteiger partial charge in [0.2, 0.25) is 5.91 Å². The van der Waals surface area contributed by atoms with E-state index < -0.39 is 0 Å². The molecule has 2 aliphatic rings. The summed E-state index contributed by atoms with van der Waals surface area (Å²) in [6.07, 6.45) is 6.52. The van der Waals surface area contributed by atoms with Crippen LogP contribution in [0.1, 0.15) is 44.1 Å². The minimum absolute atomic E-state index is 0.0359. The maximum Gasteiger partial charge on any atom is 0.222 e. The quantitative estimate of drug-likeness (QED) is 0.774. The molecule has 2 saturated heterocycles. The zero-order valence-corrected chi connectivity index (χ0v) is 15.7. The molecule has 3 rings (SSSR count). The Balaban J connectivity index is 1.45. The number of amides is 1. The van der Waals surface area contributed by atoms with Gasteiger partial charge in [-0.25, -0.2) is 0 Å². The second-order valence-electron chi connectivity index (χ2n) is 7.59. The van der Waals surface area contributed by atoms with E-state index in [9.17, 15) is 4.79 Å². The van der Waals surface area contributed by atoms with Gasteiger partial charge in [-0.3, -0.25) is 9.69 Å². The standard InChI is InChI=1S/C21H32N2O3/c24-13-14-26-20-7-3-5-19(15-20)17-22-10-4-6-18(16-22)8-9-21(25)23-11-1-2-12-23/h3,5,7,15,18,24H,1-2,4,6,8-14,16-17H2. The number of aliphatic hydroxyl groups is 1. The molecule has 1 amide bonds. The summed E-state index contributed by atoms with van der Waals surface area (Å²) in [5, 5.41) is 8.89. The molecule has 2 aliphatic heterocycles. The van der Waals surface area contributed by atoms with Gasteiger partial charge in [0, 0.05) is 32.6 Å². The predicted octanol–water partition coefficient (Wildman–Crippen LogP) is 2.67. The number of hydrogen-bond acceptors (Lipinski definition) is 4. The Morgan fingerprint density at radius 3 is 2.85 bits per heavy atom. The summed E-state index contributed by atoms with van der Waals surface area (Å²) in [5.74, 6) is 1.80. The van der Waals surface area contributed by atoms with Gasteiger partial charge in [-0.15, -0.1) is 0 Å². The van der Waals surface area contributed by atoms with E-state index in [2.05, 4.69) is 17.0 Å². The molecule has 1 N–H and O–H groups in total. The van der Waals surface area contributed by atoms with E-state index >= 15 is 0 Å². The number of carbonyl (C=O) groups is 1. The number of nitrogens with zero attached hydrogens (tertiary/aromatic N) is 2. The Bertz CT molecular complexity index is 572. The molecule has 2 fully saturated rings. The van der Waals surface area contributed by atoms with E-state index in [1.165, 1.54) is 31.2 Å². The fourth-order valence-electron chi connectivity index (χ4n) is 4.14. The molecule has 2 heterocycles. The monoisotopic (exact) mass is 360 g/mol. The molecule has 0 saturated carbocycles. The van der Waals surface area contributed by atoms with Gasteiger partial charge in [-0.1, -0.05) is 12.1 Å². The van der Waals surface area contributed by atoms with Gasteiger partial charge in [0.15, 0.2) is 0 Å². The molecule has 0 radical (unpaired) electrons. The van der Waals surface area contributed by atoms with Crippen LogP contribution in [0.2, 0.25) is 0 Å². The lowest BCUT2D eigenvalue weighted by Gasteiger charge is -2.33. The molecule has 1 aromatic rings. The maximum absolute atomic E-state index is 12.3. The highest BCUT2D eigenvalue weighted by molar-refractivity contribution is 5.76. The lowest BCUT2D eigenvalue weighted by Crippen LogP contribution is -2.36. The summed E-state index contributed by atoms with van der Waals surface area (Å²) in [7, 11) is 0. The minimum atomic E-state index is 0.0359. The van der Waals surface area contributed by atoms with E-state index in [1.54, 1.807) is 0 Å². The third-order valence-corrected chi connectivity index (χ3v) is 5.49. The number of benzene rings is 1. The van der Waals surface area contributed by atoms with Gasteiger partial charge in [-0.2, -0.15) is 0 Å². The number of ether oxygens (including phenoxy) is 1. The first-order chi connectivity index (χ1) is 12.7. The van der Waals surface area contributed by atoms with Crippen molar-refractivity contribution in [2.75, 3.05) is 39.4 Å². The highest BCUT2D eigenvalue weighted by atomic mass is 16.5. The summed E-state index contributed by atoms with van der Waals surface area (Å²) in [4.78, 5) is 16.8. The Kier molecular flexibility index (Phi) is 7.32. The first-order valence-corrected chi connectivity index (χ1v) is 10.1. The van der Waals surface area contributed by atoms with Crippen LogP contribution in [0, 0.1) is 5.92 Å². The molecular formula is C21H32N2O3. The molecule has 0 aliphatic carbocycles. The number of hydrogen-bond donors (Lipinski definition) is 1. The zero-order chi connectivity index (χ0) is 18.2. The third kappa shape index (κ3) is 5.71. The van der Waals surface area contributed by atoms with Crippen molar-refractivity contribution >= 4 is 5.91 Å². The van der Waals surface area contributed by atoms with Crippen LogP contribution < -0.4 is 4.74 Å². The highest BCUT2D eigenvalue weighted by Gasteiger charge is 2.23. The van der Waals surface area contributed by atoms with Gasteiger partial charge in [0.25, 0.3) is 0 Å². The predicted molar refractivity (Wildman–Crippen MR) is 102 cm³/mol. The second kappa shape index (κ2) is 9.93. The maximum atomic E-state index is 12.3. The fourth-order valence-corrected chi connectivity index (χ4v) is 4.14. The lowest BCUT2D eigenvalue weighted by atomic mass is 9.93. The first kappa shape index (κ1) is 19.2. The van der Waals surface area contributed by atoms with Crippen molar-refractivity contribution < 1.29 is 14.6 Å². The molecule has 144 valence electrons. The van der Waals surface area contributed by atoms with Crippen LogP contribution in [0.3, 0.4) is 0 Å². The zero-order valence-electron chi connectivity index (χ0n) is 15.7. The molecule has 26 heavy (non-hydrogen) atoms. The van der Waals surface area contributed by atoms with Gasteiger partial charge >= 0.3 is 0 Å². The molecule has 1 atom stereocenters. The van der Waals surface area contributed by atoms with Crippen LogP contribution in [-0.4, -0.2) is 60.2 Å². The molecule has 0 spiro atoms. The van der Waals surface area contributed by atoms with Gasteiger partial charge < -0.3 is 14.7 Å². The molecule has 5 heteroatoms. The highest BCUT2D eigenvalue weighted by Crippen LogP contribution is 2.24. The van der Waals surface area contributed by atoms with E-state index in [-0.39, 0.29) is 6.61 Å². The SMILES string of the molecule is O=C(CCC1CCCN(Cc2cccc(OCCO)c2)C1)N1CCCC1. The average Bonchev–Trinajstić information content (AvgIpc) is 3.20. The molecule has 1 aromatic carbocycles. The van der Waals surface area contributed by atoms with Crippen molar-refractivity contribution in [1.29, 1.82) is 0 Å². The van der Waals surface area contributed by atoms with E-state index in [0.717, 1.165) is 44.9 Å². The number of likely N-dealkylation sites (tertiary alicyclic amines) is 2. The third-order valence-electron chi connectivity index (χ3n) is 5.49. The van der Waals surface area contributed by atoms with Gasteiger partial charge in [0.1, 0.15) is 12.4 Å². The largest absolute Gasteiger partial charge is 0.491 e. The summed E-state index contributed by atoms with van der Waals surface area (Å²) >= 11 is 0. The Labute approximate surface area is 156 Å². The number of aliphatic hydroxyl groups excluding tert-OH is 1. The van der Waals surface area contributed by atoms with Crippen molar-refractivity contribution in [3.8, 4) is 5.75 Å². The van der Waals surface area contributed by atoms with Gasteiger partial charge in [0.05, 0.1) is 6.61 Å². The fraction of sp³-hybridized carbons (Fsp3) is 0.667. The van der Waals surface area contributed by atoms with E-state index in [0.29, 0.717) is 24.9 Å². The molecule has 0 aromatic heterocycles. The number of carbonyl (C=O) groups excluding carboxylic acids is 1. The van der Waals surface area contributed by atoms with Crippen LogP contribution in [0.15, 0.2) is 24.3 Å². The lowest BCUT2D eigenvalue weighted by molar-refractivity contribution is -0.130. The Morgan fingerprint density at radius 2 is 2.04 bits per heavy atom.